The van der Waals surface area contributed by atoms with Gasteiger partial charge < -0.3 is 5.32 Å². The van der Waals surface area contributed by atoms with Gasteiger partial charge in [-0.2, -0.15) is 0 Å². The van der Waals surface area contributed by atoms with Gasteiger partial charge in [0.1, 0.15) is 0 Å². The number of rotatable bonds is 5. The number of hydrogen-bond acceptors (Lipinski definition) is 3. The molecule has 1 amide bonds. The summed E-state index contributed by atoms with van der Waals surface area (Å²) in [5.41, 5.74) is 1.07. The third-order valence-electron chi connectivity index (χ3n) is 3.08. The van der Waals surface area contributed by atoms with Gasteiger partial charge in [-0.15, -0.1) is 11.3 Å². The molecule has 0 aliphatic heterocycles. The molecule has 1 aromatic carbocycles. The molecule has 3 nitrogen and oxygen atoms in total. The Morgan fingerprint density at radius 3 is 3.00 bits per heavy atom. The SMILES string of the molecule is O=C(CCCc1nc2ccccc2s1)NC1CC1. The van der Waals surface area contributed by atoms with Crippen LogP contribution < -0.4 is 5.32 Å². The van der Waals surface area contributed by atoms with Gasteiger partial charge in [-0.05, 0) is 37.8 Å². The van der Waals surface area contributed by atoms with Crippen LogP contribution in [0.15, 0.2) is 24.3 Å². The largest absolute Gasteiger partial charge is 0.353 e. The van der Waals surface area contributed by atoms with Crippen molar-refractivity contribution in [3.8, 4) is 0 Å². The maximum atomic E-state index is 11.5. The highest BCUT2D eigenvalue weighted by Crippen LogP contribution is 2.23. The van der Waals surface area contributed by atoms with E-state index in [0.29, 0.717) is 12.5 Å². The van der Waals surface area contributed by atoms with Gasteiger partial charge in [-0.3, -0.25) is 4.79 Å². The van der Waals surface area contributed by atoms with E-state index in [0.717, 1.165) is 36.2 Å². The predicted molar refractivity (Wildman–Crippen MR) is 73.7 cm³/mol. The third kappa shape index (κ3) is 2.88. The Kier molecular flexibility index (Phi) is 3.28. The number of hydrogen-bond donors (Lipinski definition) is 1. The van der Waals surface area contributed by atoms with E-state index in [-0.39, 0.29) is 5.91 Å². The zero-order valence-electron chi connectivity index (χ0n) is 10.2. The van der Waals surface area contributed by atoms with Crippen LogP contribution in [0.2, 0.25) is 0 Å². The molecular weight excluding hydrogens is 244 g/mol. The minimum Gasteiger partial charge on any atom is -0.353 e. The average molecular weight is 260 g/mol. The minimum absolute atomic E-state index is 0.193. The van der Waals surface area contributed by atoms with E-state index < -0.39 is 0 Å². The number of para-hydroxylation sites is 1. The van der Waals surface area contributed by atoms with E-state index in [9.17, 15) is 4.79 Å². The summed E-state index contributed by atoms with van der Waals surface area (Å²) in [5.74, 6) is 0.193. The summed E-state index contributed by atoms with van der Waals surface area (Å²) in [6, 6.07) is 8.65. The highest BCUT2D eigenvalue weighted by atomic mass is 32.1. The summed E-state index contributed by atoms with van der Waals surface area (Å²) in [6.45, 7) is 0. The molecule has 0 unspecified atom stereocenters. The summed E-state index contributed by atoms with van der Waals surface area (Å²) in [5, 5.41) is 4.15. The van der Waals surface area contributed by atoms with Crippen LogP contribution in [0, 0.1) is 0 Å². The Labute approximate surface area is 110 Å². The van der Waals surface area contributed by atoms with E-state index >= 15 is 0 Å². The molecule has 3 rings (SSSR count). The van der Waals surface area contributed by atoms with Gasteiger partial charge in [0.25, 0.3) is 0 Å². The average Bonchev–Trinajstić information content (AvgIpc) is 3.07. The van der Waals surface area contributed by atoms with Crippen LogP contribution in [0.25, 0.3) is 10.2 Å². The van der Waals surface area contributed by atoms with Crippen molar-refractivity contribution >= 4 is 27.5 Å². The highest BCUT2D eigenvalue weighted by molar-refractivity contribution is 7.18. The standard InChI is InChI=1S/C14H16N2OS/c17-13(15-10-8-9-10)6-3-7-14-16-11-4-1-2-5-12(11)18-14/h1-2,4-5,10H,3,6-9H2,(H,15,17). The van der Waals surface area contributed by atoms with Gasteiger partial charge in [0.15, 0.2) is 0 Å². The van der Waals surface area contributed by atoms with Crippen molar-refractivity contribution in [3.05, 3.63) is 29.3 Å². The molecule has 0 bridgehead atoms. The minimum atomic E-state index is 0.193. The van der Waals surface area contributed by atoms with Crippen molar-refractivity contribution in [1.29, 1.82) is 0 Å². The van der Waals surface area contributed by atoms with Gasteiger partial charge in [-0.1, -0.05) is 12.1 Å². The number of aryl methyl sites for hydroxylation is 1. The van der Waals surface area contributed by atoms with Crippen molar-refractivity contribution in [2.45, 2.75) is 38.1 Å². The molecule has 1 aromatic heterocycles. The van der Waals surface area contributed by atoms with E-state index in [1.807, 2.05) is 18.2 Å². The lowest BCUT2D eigenvalue weighted by molar-refractivity contribution is -0.121. The number of carbonyl (C=O) groups is 1. The Balaban J connectivity index is 1.51. The molecule has 0 radical (unpaired) electrons. The van der Waals surface area contributed by atoms with Crippen LogP contribution in [-0.4, -0.2) is 16.9 Å². The van der Waals surface area contributed by atoms with Crippen molar-refractivity contribution in [2.75, 3.05) is 0 Å². The number of thiazole rings is 1. The van der Waals surface area contributed by atoms with Gasteiger partial charge >= 0.3 is 0 Å². The number of nitrogens with one attached hydrogen (secondary N) is 1. The van der Waals surface area contributed by atoms with Crippen LogP contribution in [0.4, 0.5) is 0 Å². The lowest BCUT2D eigenvalue weighted by atomic mass is 10.2. The summed E-state index contributed by atoms with van der Waals surface area (Å²) in [7, 11) is 0. The maximum absolute atomic E-state index is 11.5. The summed E-state index contributed by atoms with van der Waals surface area (Å²) in [6.07, 6.45) is 4.72. The smallest absolute Gasteiger partial charge is 0.220 e. The molecule has 1 N–H and O–H groups in total. The Morgan fingerprint density at radius 2 is 2.22 bits per heavy atom. The molecule has 1 aliphatic carbocycles. The first kappa shape index (κ1) is 11.7. The summed E-state index contributed by atoms with van der Waals surface area (Å²) in [4.78, 5) is 16.1. The molecule has 18 heavy (non-hydrogen) atoms. The van der Waals surface area contributed by atoms with Crippen molar-refractivity contribution in [1.82, 2.24) is 10.3 Å². The van der Waals surface area contributed by atoms with Crippen molar-refractivity contribution in [2.24, 2.45) is 0 Å². The van der Waals surface area contributed by atoms with Crippen LogP contribution in [0.3, 0.4) is 0 Å². The van der Waals surface area contributed by atoms with Gasteiger partial charge in [0, 0.05) is 12.5 Å². The summed E-state index contributed by atoms with van der Waals surface area (Å²) >= 11 is 1.73. The molecule has 4 heteroatoms. The zero-order chi connectivity index (χ0) is 12.4. The first-order valence-electron chi connectivity index (χ1n) is 6.45. The molecule has 94 valence electrons. The van der Waals surface area contributed by atoms with E-state index in [1.54, 1.807) is 11.3 Å². The first-order valence-corrected chi connectivity index (χ1v) is 7.27. The van der Waals surface area contributed by atoms with Gasteiger partial charge in [0.2, 0.25) is 5.91 Å². The molecule has 1 fully saturated rings. The van der Waals surface area contributed by atoms with Crippen LogP contribution >= 0.6 is 11.3 Å². The number of nitrogens with zero attached hydrogens (tertiary/aromatic N) is 1. The second-order valence-electron chi connectivity index (χ2n) is 4.77. The van der Waals surface area contributed by atoms with Crippen LogP contribution in [-0.2, 0) is 11.2 Å². The lowest BCUT2D eigenvalue weighted by Gasteiger charge is -2.01. The Hall–Kier alpha value is -1.42. The fourth-order valence-electron chi connectivity index (χ4n) is 1.95. The number of benzene rings is 1. The second-order valence-corrected chi connectivity index (χ2v) is 5.89. The number of amides is 1. The van der Waals surface area contributed by atoms with Crippen molar-refractivity contribution < 1.29 is 4.79 Å². The highest BCUT2D eigenvalue weighted by Gasteiger charge is 2.22. The Morgan fingerprint density at radius 1 is 1.39 bits per heavy atom. The third-order valence-corrected chi connectivity index (χ3v) is 4.17. The fraction of sp³-hybridized carbons (Fsp3) is 0.429. The predicted octanol–water partition coefficient (Wildman–Crippen LogP) is 2.90. The van der Waals surface area contributed by atoms with E-state index in [2.05, 4.69) is 16.4 Å². The Bertz CT molecular complexity index is 527. The second kappa shape index (κ2) is 5.06. The normalized spacial score (nSPS) is 14.9. The zero-order valence-corrected chi connectivity index (χ0v) is 11.0. The lowest BCUT2D eigenvalue weighted by Crippen LogP contribution is -2.24. The molecule has 1 aliphatic rings. The molecule has 0 saturated heterocycles. The molecule has 1 heterocycles. The molecule has 0 atom stereocenters. The molecule has 2 aromatic rings. The van der Waals surface area contributed by atoms with Crippen molar-refractivity contribution in [3.63, 3.8) is 0 Å². The molecule has 1 saturated carbocycles. The van der Waals surface area contributed by atoms with Crippen LogP contribution in [0.1, 0.15) is 30.7 Å². The topological polar surface area (TPSA) is 42.0 Å². The number of aromatic nitrogens is 1. The van der Waals surface area contributed by atoms with Crippen LogP contribution in [0.5, 0.6) is 0 Å². The first-order chi connectivity index (χ1) is 8.81. The quantitative estimate of drug-likeness (QED) is 0.898. The van der Waals surface area contributed by atoms with Gasteiger partial charge in [-0.25, -0.2) is 4.98 Å². The molecule has 0 spiro atoms. The maximum Gasteiger partial charge on any atom is 0.220 e. The molecular formula is C14H16N2OS. The summed E-state index contributed by atoms with van der Waals surface area (Å²) < 4.78 is 1.23. The van der Waals surface area contributed by atoms with Gasteiger partial charge in [0.05, 0.1) is 15.2 Å². The van der Waals surface area contributed by atoms with E-state index in [1.165, 1.54) is 4.70 Å². The number of carbonyl (C=O) groups excluding carboxylic acids is 1. The van der Waals surface area contributed by atoms with E-state index in [4.69, 9.17) is 0 Å². The monoisotopic (exact) mass is 260 g/mol. The fourth-order valence-corrected chi connectivity index (χ4v) is 2.96. The number of fused-ring (bicyclic) bond motifs is 1.